The number of ether oxygens (including phenoxy) is 2. The highest BCUT2D eigenvalue weighted by molar-refractivity contribution is 7.99. The molecular weight excluding hydrogens is 460 g/mol. The third kappa shape index (κ3) is 9.33. The molecule has 2 aromatic carbocycles. The lowest BCUT2D eigenvalue weighted by Crippen LogP contribution is -2.38. The summed E-state index contributed by atoms with van der Waals surface area (Å²) in [6.07, 6.45) is -2.85. The molecule has 0 saturated carbocycles. The van der Waals surface area contributed by atoms with Gasteiger partial charge in [0.2, 0.25) is 17.7 Å². The summed E-state index contributed by atoms with van der Waals surface area (Å²) in [7, 11) is 0. The van der Waals surface area contributed by atoms with Gasteiger partial charge in [-0.25, -0.2) is 9.59 Å². The quantitative estimate of drug-likeness (QED) is 0.230. The Hall–Kier alpha value is -3.86. The van der Waals surface area contributed by atoms with Crippen LogP contribution < -0.4 is 16.1 Å². The summed E-state index contributed by atoms with van der Waals surface area (Å²) in [4.78, 5) is 48.2. The molecule has 0 aromatic heterocycles. The van der Waals surface area contributed by atoms with Crippen molar-refractivity contribution in [1.29, 1.82) is 0 Å². The van der Waals surface area contributed by atoms with Gasteiger partial charge in [0.25, 0.3) is 0 Å². The van der Waals surface area contributed by atoms with E-state index in [4.69, 9.17) is 4.74 Å². The summed E-state index contributed by atoms with van der Waals surface area (Å²) in [5.74, 6) is -1.94. The van der Waals surface area contributed by atoms with Gasteiger partial charge in [-0.05, 0) is 68.3 Å². The molecule has 0 heterocycles. The van der Waals surface area contributed by atoms with E-state index in [0.717, 1.165) is 9.79 Å². The highest BCUT2D eigenvalue weighted by Gasteiger charge is 2.16. The van der Waals surface area contributed by atoms with Crippen LogP contribution in [0, 0.1) is 13.8 Å². The number of carbonyl (C=O) groups excluding carboxylic acids is 4. The van der Waals surface area contributed by atoms with Crippen molar-refractivity contribution >= 4 is 47.3 Å². The molecule has 0 aliphatic carbocycles. The fourth-order valence-electron chi connectivity index (χ4n) is 2.47. The summed E-state index contributed by atoms with van der Waals surface area (Å²) in [5.41, 5.74) is 5.90. The number of anilines is 1. The van der Waals surface area contributed by atoms with Crippen LogP contribution in [-0.2, 0) is 19.1 Å². The van der Waals surface area contributed by atoms with Gasteiger partial charge in [0.1, 0.15) is 6.42 Å². The van der Waals surface area contributed by atoms with Crippen molar-refractivity contribution in [3.05, 3.63) is 53.6 Å². The van der Waals surface area contributed by atoms with E-state index < -0.39 is 30.4 Å². The molecule has 2 rings (SSSR count). The zero-order valence-corrected chi connectivity index (χ0v) is 20.1. The zero-order chi connectivity index (χ0) is 25.1. The third-order valence-corrected chi connectivity index (χ3v) is 5.23. The maximum atomic E-state index is 11.8. The Bertz CT molecular complexity index is 1090. The first-order chi connectivity index (χ1) is 16.2. The van der Waals surface area contributed by atoms with Gasteiger partial charge in [-0.2, -0.15) is 0 Å². The first-order valence-electron chi connectivity index (χ1n) is 10.3. The van der Waals surface area contributed by atoms with Gasteiger partial charge in [-0.15, -0.1) is 5.10 Å². The average Bonchev–Trinajstić information content (AvgIpc) is 2.75. The second kappa shape index (κ2) is 13.0. The number of alkyl carbamates (subject to hydrolysis) is 2. The van der Waals surface area contributed by atoms with E-state index in [2.05, 4.69) is 47.3 Å². The molecule has 0 fully saturated rings. The van der Waals surface area contributed by atoms with Gasteiger partial charge in [0, 0.05) is 16.7 Å². The molecule has 10 nitrogen and oxygen atoms in total. The number of hydrazone groups is 1. The molecule has 3 N–H and O–H groups in total. The van der Waals surface area contributed by atoms with E-state index in [1.807, 2.05) is 34.9 Å². The molecule has 0 radical (unpaired) electrons. The highest BCUT2D eigenvalue weighted by atomic mass is 32.2. The number of rotatable bonds is 7. The predicted molar refractivity (Wildman–Crippen MR) is 128 cm³/mol. The number of carbonyl (C=O) groups is 4. The van der Waals surface area contributed by atoms with Crippen molar-refractivity contribution in [3.8, 4) is 0 Å². The van der Waals surface area contributed by atoms with Crippen LogP contribution in [0.5, 0.6) is 0 Å². The van der Waals surface area contributed by atoms with Crippen LogP contribution in [0.15, 0.2) is 57.4 Å². The Morgan fingerprint density at radius 3 is 2.12 bits per heavy atom. The van der Waals surface area contributed by atoms with Crippen molar-refractivity contribution in [1.82, 2.24) is 10.6 Å². The largest absolute Gasteiger partial charge is 0.450 e. The van der Waals surface area contributed by atoms with Crippen LogP contribution in [0.25, 0.3) is 0 Å². The first kappa shape index (κ1) is 26.4. The number of nitrogens with zero attached hydrogens (tertiary/aromatic N) is 1. The predicted octanol–water partition coefficient (Wildman–Crippen LogP) is 4.12. The maximum absolute atomic E-state index is 11.8. The lowest BCUT2D eigenvalue weighted by molar-refractivity contribution is -0.128. The van der Waals surface area contributed by atoms with E-state index >= 15 is 0 Å². The lowest BCUT2D eigenvalue weighted by Gasteiger charge is -2.07. The Labute approximate surface area is 201 Å². The highest BCUT2D eigenvalue weighted by Crippen LogP contribution is 2.29. The normalized spacial score (nSPS) is 10.8. The van der Waals surface area contributed by atoms with E-state index in [0.29, 0.717) is 5.69 Å². The van der Waals surface area contributed by atoms with Gasteiger partial charge in [0.15, 0.2) is 0 Å². The number of hydrogen-bond donors (Lipinski definition) is 3. The lowest BCUT2D eigenvalue weighted by atomic mass is 10.1. The van der Waals surface area contributed by atoms with Crippen LogP contribution in [0.2, 0.25) is 0 Å². The minimum absolute atomic E-state index is 0.0603. The van der Waals surface area contributed by atoms with E-state index in [-0.39, 0.29) is 12.5 Å². The van der Waals surface area contributed by atoms with Gasteiger partial charge < -0.3 is 9.47 Å². The van der Waals surface area contributed by atoms with Crippen LogP contribution in [0.1, 0.15) is 31.4 Å². The molecule has 11 heteroatoms. The SMILES string of the molecule is CCOC(=O)NC(=O)CC(=O)NC(=O)OC(C)=NNc1ccc(Sc2ccc(C)c(C)c2)cc1. The maximum Gasteiger partial charge on any atom is 0.420 e. The second-order valence-electron chi connectivity index (χ2n) is 7.00. The van der Waals surface area contributed by atoms with Gasteiger partial charge in [-0.1, -0.05) is 17.8 Å². The fraction of sp³-hybridized carbons (Fsp3) is 0.261. The molecule has 0 aliphatic heterocycles. The van der Waals surface area contributed by atoms with Gasteiger partial charge >= 0.3 is 12.2 Å². The van der Waals surface area contributed by atoms with Gasteiger partial charge in [-0.3, -0.25) is 25.6 Å². The summed E-state index contributed by atoms with van der Waals surface area (Å²) >= 11 is 1.64. The minimum atomic E-state index is -1.11. The van der Waals surface area contributed by atoms with Crippen molar-refractivity contribution < 1.29 is 28.7 Å². The van der Waals surface area contributed by atoms with Crippen LogP contribution >= 0.6 is 11.8 Å². The Morgan fingerprint density at radius 2 is 1.50 bits per heavy atom. The molecule has 180 valence electrons. The molecule has 0 atom stereocenters. The smallest absolute Gasteiger partial charge is 0.420 e. The molecule has 0 aliphatic rings. The van der Waals surface area contributed by atoms with Crippen LogP contribution in [0.3, 0.4) is 0 Å². The summed E-state index contributed by atoms with van der Waals surface area (Å²) < 4.78 is 9.37. The van der Waals surface area contributed by atoms with Crippen LogP contribution in [-0.4, -0.2) is 36.5 Å². The molecule has 34 heavy (non-hydrogen) atoms. The fourth-order valence-corrected chi connectivity index (χ4v) is 3.38. The second-order valence-corrected chi connectivity index (χ2v) is 8.15. The number of benzene rings is 2. The van der Waals surface area contributed by atoms with Crippen molar-refractivity contribution in [2.45, 2.75) is 43.9 Å². The number of imide groups is 2. The minimum Gasteiger partial charge on any atom is -0.450 e. The summed E-state index contributed by atoms with van der Waals surface area (Å²) in [5, 5.41) is 7.62. The third-order valence-electron chi connectivity index (χ3n) is 4.23. The van der Waals surface area contributed by atoms with Gasteiger partial charge in [0.05, 0.1) is 12.3 Å². The standard InChI is InChI=1S/C23H26N4O6S/c1-5-32-22(30)24-20(28)13-21(29)25-23(31)33-16(4)26-27-17-7-10-18(11-8-17)34-19-9-6-14(2)15(3)12-19/h6-12,27H,5,13H2,1-4H3,(H,24,28,30)(H,25,29,31). The Balaban J connectivity index is 1.79. The Morgan fingerprint density at radius 1 is 0.882 bits per heavy atom. The van der Waals surface area contributed by atoms with Crippen molar-refractivity contribution in [2.75, 3.05) is 12.0 Å². The van der Waals surface area contributed by atoms with E-state index in [1.165, 1.54) is 18.1 Å². The van der Waals surface area contributed by atoms with Crippen molar-refractivity contribution in [3.63, 3.8) is 0 Å². The number of amides is 4. The Kier molecular flexibility index (Phi) is 10.1. The summed E-state index contributed by atoms with van der Waals surface area (Å²) in [6, 6.07) is 13.8. The van der Waals surface area contributed by atoms with E-state index in [9.17, 15) is 19.2 Å². The van der Waals surface area contributed by atoms with Crippen LogP contribution in [0.4, 0.5) is 15.3 Å². The summed E-state index contributed by atoms with van der Waals surface area (Å²) in [6.45, 7) is 7.20. The monoisotopic (exact) mass is 486 g/mol. The number of aryl methyl sites for hydroxylation is 2. The molecule has 4 amide bonds. The molecule has 0 bridgehead atoms. The topological polar surface area (TPSA) is 135 Å². The number of nitrogens with one attached hydrogen (secondary N) is 3. The molecule has 2 aromatic rings. The number of hydrogen-bond acceptors (Lipinski definition) is 9. The molecule has 0 spiro atoms. The zero-order valence-electron chi connectivity index (χ0n) is 19.3. The van der Waals surface area contributed by atoms with E-state index in [1.54, 1.807) is 18.7 Å². The molecular formula is C23H26N4O6S. The molecule has 0 saturated heterocycles. The molecule has 0 unspecified atom stereocenters. The average molecular weight is 487 g/mol. The van der Waals surface area contributed by atoms with Crippen molar-refractivity contribution in [2.24, 2.45) is 5.10 Å². The first-order valence-corrected chi connectivity index (χ1v) is 11.1.